The number of thiophene rings is 1. The second-order valence-corrected chi connectivity index (χ2v) is 10.5. The Morgan fingerprint density at radius 3 is 2.78 bits per heavy atom. The van der Waals surface area contributed by atoms with Crippen molar-refractivity contribution in [3.63, 3.8) is 0 Å². The highest BCUT2D eigenvalue weighted by molar-refractivity contribution is 7.09. The van der Waals surface area contributed by atoms with E-state index in [1.807, 2.05) is 29.3 Å². The van der Waals surface area contributed by atoms with Crippen molar-refractivity contribution < 1.29 is 14.0 Å². The molecule has 4 heterocycles. The number of hydrogen-bond acceptors (Lipinski definition) is 5. The van der Waals surface area contributed by atoms with E-state index >= 15 is 4.39 Å². The molecule has 1 aromatic carbocycles. The zero-order valence-corrected chi connectivity index (χ0v) is 21.9. The highest BCUT2D eigenvalue weighted by Gasteiger charge is 2.25. The first-order chi connectivity index (χ1) is 17.9. The molecule has 4 aromatic rings. The molecule has 0 aliphatic carbocycles. The van der Waals surface area contributed by atoms with Crippen molar-refractivity contribution in [3.8, 4) is 11.3 Å². The monoisotopic (exact) mass is 519 g/mol. The maximum atomic E-state index is 15.1. The summed E-state index contributed by atoms with van der Waals surface area (Å²) < 4.78 is 16.8. The lowest BCUT2D eigenvalue weighted by Gasteiger charge is -2.27. The van der Waals surface area contributed by atoms with Gasteiger partial charge in [-0.2, -0.15) is 5.10 Å². The summed E-state index contributed by atoms with van der Waals surface area (Å²) in [5.74, 6) is -0.951. The van der Waals surface area contributed by atoms with E-state index in [1.165, 1.54) is 6.07 Å². The number of benzene rings is 1. The standard InChI is InChI=1S/C28H30FN5O2S/c1-3-20-15-25(28(36)33-12-6-4-5-8-18(33)2)31-26-16-24(32-34(20)26)22-11-10-19(14-23(22)29)27(35)30-17-21-9-7-13-37-21/h7,9-11,13-16,18H,3-6,8,12,17H2,1-2H3,(H,30,35). The number of hydrogen-bond donors (Lipinski definition) is 1. The Morgan fingerprint density at radius 2 is 2.03 bits per heavy atom. The van der Waals surface area contributed by atoms with E-state index in [0.717, 1.165) is 42.8 Å². The SMILES string of the molecule is CCc1cc(C(=O)N2CCCCCC2C)nc2cc(-c3ccc(C(=O)NCc4cccs4)cc3F)nn12. The van der Waals surface area contributed by atoms with Gasteiger partial charge in [0.2, 0.25) is 0 Å². The minimum atomic E-state index is -0.542. The number of nitrogens with one attached hydrogen (secondary N) is 1. The molecule has 0 saturated carbocycles. The summed E-state index contributed by atoms with van der Waals surface area (Å²) in [6.07, 6.45) is 4.89. The fraction of sp³-hybridized carbons (Fsp3) is 0.357. The van der Waals surface area contributed by atoms with Crippen LogP contribution in [0.2, 0.25) is 0 Å². The predicted molar refractivity (Wildman–Crippen MR) is 142 cm³/mol. The lowest BCUT2D eigenvalue weighted by atomic mass is 10.1. The molecule has 7 nitrogen and oxygen atoms in total. The maximum absolute atomic E-state index is 15.1. The van der Waals surface area contributed by atoms with Gasteiger partial charge in [0.05, 0.1) is 12.2 Å². The number of nitrogens with zero attached hydrogens (tertiary/aromatic N) is 4. The number of fused-ring (bicyclic) bond motifs is 1. The number of amides is 2. The molecule has 1 aliphatic heterocycles. The Morgan fingerprint density at radius 1 is 1.16 bits per heavy atom. The zero-order valence-electron chi connectivity index (χ0n) is 21.0. The molecule has 0 radical (unpaired) electrons. The van der Waals surface area contributed by atoms with Gasteiger partial charge in [0, 0.05) is 40.4 Å². The number of carbonyl (C=O) groups excluding carboxylic acids is 2. The number of rotatable bonds is 6. The molecule has 1 fully saturated rings. The van der Waals surface area contributed by atoms with Gasteiger partial charge in [-0.05, 0) is 61.9 Å². The molecule has 1 N–H and O–H groups in total. The van der Waals surface area contributed by atoms with E-state index in [0.29, 0.717) is 30.0 Å². The fourth-order valence-electron chi connectivity index (χ4n) is 4.80. The largest absolute Gasteiger partial charge is 0.347 e. The van der Waals surface area contributed by atoms with Crippen LogP contribution < -0.4 is 5.32 Å². The summed E-state index contributed by atoms with van der Waals surface area (Å²) in [4.78, 5) is 33.4. The number of likely N-dealkylation sites (tertiary alicyclic amines) is 1. The molecule has 1 aliphatic rings. The molecular formula is C28H30FN5O2S. The summed E-state index contributed by atoms with van der Waals surface area (Å²) in [5, 5.41) is 9.35. The minimum absolute atomic E-state index is 0.0709. The normalized spacial score (nSPS) is 16.1. The van der Waals surface area contributed by atoms with E-state index < -0.39 is 5.82 Å². The van der Waals surface area contributed by atoms with Crippen molar-refractivity contribution in [1.82, 2.24) is 24.8 Å². The van der Waals surface area contributed by atoms with Gasteiger partial charge in [0.25, 0.3) is 11.8 Å². The molecule has 3 aromatic heterocycles. The Hall–Kier alpha value is -3.59. The summed E-state index contributed by atoms with van der Waals surface area (Å²) in [7, 11) is 0. The number of aromatic nitrogens is 3. The van der Waals surface area contributed by atoms with Gasteiger partial charge in [-0.15, -0.1) is 11.3 Å². The van der Waals surface area contributed by atoms with Crippen LogP contribution in [0.25, 0.3) is 16.9 Å². The van der Waals surface area contributed by atoms with Gasteiger partial charge in [0.15, 0.2) is 5.65 Å². The third kappa shape index (κ3) is 5.27. The summed E-state index contributed by atoms with van der Waals surface area (Å²) in [6.45, 7) is 5.21. The van der Waals surface area contributed by atoms with Crippen molar-refractivity contribution >= 4 is 28.8 Å². The molecule has 192 valence electrons. The first kappa shape index (κ1) is 25.1. The van der Waals surface area contributed by atoms with Crippen molar-refractivity contribution in [2.75, 3.05) is 6.54 Å². The van der Waals surface area contributed by atoms with E-state index in [2.05, 4.69) is 22.3 Å². The van der Waals surface area contributed by atoms with Crippen LogP contribution >= 0.6 is 11.3 Å². The predicted octanol–water partition coefficient (Wildman–Crippen LogP) is 5.49. The molecule has 0 spiro atoms. The number of carbonyl (C=O) groups is 2. The quantitative estimate of drug-likeness (QED) is 0.365. The van der Waals surface area contributed by atoms with Crippen molar-refractivity contribution in [2.45, 2.75) is 58.5 Å². The molecule has 37 heavy (non-hydrogen) atoms. The van der Waals surface area contributed by atoms with Crippen LogP contribution in [0.4, 0.5) is 4.39 Å². The van der Waals surface area contributed by atoms with Crippen LogP contribution in [-0.4, -0.2) is 43.9 Å². The van der Waals surface area contributed by atoms with Crippen LogP contribution in [0, 0.1) is 5.82 Å². The number of halogens is 1. The smallest absolute Gasteiger partial charge is 0.272 e. The van der Waals surface area contributed by atoms with E-state index in [-0.39, 0.29) is 29.0 Å². The third-order valence-corrected chi connectivity index (χ3v) is 7.78. The van der Waals surface area contributed by atoms with E-state index in [9.17, 15) is 9.59 Å². The van der Waals surface area contributed by atoms with E-state index in [1.54, 1.807) is 40.1 Å². The molecule has 9 heteroatoms. The molecular weight excluding hydrogens is 489 g/mol. The average molecular weight is 520 g/mol. The van der Waals surface area contributed by atoms with Gasteiger partial charge in [-0.3, -0.25) is 9.59 Å². The average Bonchev–Trinajstić information content (AvgIpc) is 3.53. The lowest BCUT2D eigenvalue weighted by molar-refractivity contribution is 0.0691. The second kappa shape index (κ2) is 10.8. The Labute approximate surface area is 219 Å². The second-order valence-electron chi connectivity index (χ2n) is 9.44. The van der Waals surface area contributed by atoms with Gasteiger partial charge >= 0.3 is 0 Å². The highest BCUT2D eigenvalue weighted by Crippen LogP contribution is 2.25. The first-order valence-corrected chi connectivity index (χ1v) is 13.6. The summed E-state index contributed by atoms with van der Waals surface area (Å²) in [6, 6.07) is 11.9. The lowest BCUT2D eigenvalue weighted by Crippen LogP contribution is -2.38. The van der Waals surface area contributed by atoms with Crippen molar-refractivity contribution in [1.29, 1.82) is 0 Å². The molecule has 2 amide bonds. The Bertz CT molecular complexity index is 1430. The van der Waals surface area contributed by atoms with Crippen molar-refractivity contribution in [3.05, 3.63) is 75.5 Å². The molecule has 0 bridgehead atoms. The van der Waals surface area contributed by atoms with Crippen LogP contribution in [0.15, 0.2) is 47.8 Å². The van der Waals surface area contributed by atoms with E-state index in [4.69, 9.17) is 0 Å². The zero-order chi connectivity index (χ0) is 25.9. The highest BCUT2D eigenvalue weighted by atomic mass is 32.1. The topological polar surface area (TPSA) is 79.6 Å². The molecule has 1 saturated heterocycles. The van der Waals surface area contributed by atoms with Crippen LogP contribution in [0.3, 0.4) is 0 Å². The third-order valence-electron chi connectivity index (χ3n) is 6.91. The molecule has 1 unspecified atom stereocenters. The number of aryl methyl sites for hydroxylation is 1. The van der Waals surface area contributed by atoms with Gasteiger partial charge in [0.1, 0.15) is 11.5 Å². The summed E-state index contributed by atoms with van der Waals surface area (Å²) in [5.41, 5.74) is 2.63. The maximum Gasteiger partial charge on any atom is 0.272 e. The summed E-state index contributed by atoms with van der Waals surface area (Å²) >= 11 is 1.55. The first-order valence-electron chi connectivity index (χ1n) is 12.8. The van der Waals surface area contributed by atoms with Gasteiger partial charge in [-0.25, -0.2) is 13.9 Å². The fourth-order valence-corrected chi connectivity index (χ4v) is 5.44. The van der Waals surface area contributed by atoms with Crippen LogP contribution in [-0.2, 0) is 13.0 Å². The van der Waals surface area contributed by atoms with Crippen molar-refractivity contribution in [2.24, 2.45) is 0 Å². The molecule has 5 rings (SSSR count). The Balaban J connectivity index is 1.41. The van der Waals surface area contributed by atoms with Crippen LogP contribution in [0.1, 0.15) is 70.9 Å². The van der Waals surface area contributed by atoms with Gasteiger partial charge in [-0.1, -0.05) is 25.8 Å². The van der Waals surface area contributed by atoms with Gasteiger partial charge < -0.3 is 10.2 Å². The minimum Gasteiger partial charge on any atom is -0.347 e. The molecule has 1 atom stereocenters. The Kier molecular flexibility index (Phi) is 7.32. The van der Waals surface area contributed by atoms with Crippen LogP contribution in [0.5, 0.6) is 0 Å².